The Kier molecular flexibility index (Phi) is 7.39. The van der Waals surface area contributed by atoms with E-state index in [4.69, 9.17) is 9.47 Å². The second-order valence-corrected chi connectivity index (χ2v) is 9.73. The van der Waals surface area contributed by atoms with Crippen molar-refractivity contribution in [1.82, 2.24) is 9.88 Å². The molecule has 3 aromatic rings. The molecule has 2 aliphatic rings. The summed E-state index contributed by atoms with van der Waals surface area (Å²) in [6.45, 7) is 7.09. The van der Waals surface area contributed by atoms with Crippen LogP contribution in [0.3, 0.4) is 0 Å². The van der Waals surface area contributed by atoms with Gasteiger partial charge in [-0.3, -0.25) is 9.59 Å². The molecule has 1 aromatic heterocycles. The molecule has 2 aromatic carbocycles. The van der Waals surface area contributed by atoms with Crippen LogP contribution < -0.4 is 15.6 Å². The van der Waals surface area contributed by atoms with Crippen LogP contribution in [0, 0.1) is 0 Å². The normalized spacial score (nSPS) is 17.8. The molecule has 7 heteroatoms. The average molecular weight is 490 g/mol. The highest BCUT2D eigenvalue weighted by molar-refractivity contribution is 5.98. The summed E-state index contributed by atoms with van der Waals surface area (Å²) in [7, 11) is 0. The van der Waals surface area contributed by atoms with Crippen molar-refractivity contribution in [3.05, 3.63) is 76.1 Å². The number of morpholine rings is 1. The van der Waals surface area contributed by atoms with Gasteiger partial charge in [0.2, 0.25) is 5.43 Å². The van der Waals surface area contributed by atoms with Gasteiger partial charge in [-0.2, -0.15) is 0 Å². The van der Waals surface area contributed by atoms with E-state index in [2.05, 4.69) is 27.8 Å². The number of carbonyl (C=O) groups is 1. The number of rotatable bonds is 7. The second-order valence-electron chi connectivity index (χ2n) is 9.73. The minimum absolute atomic E-state index is 0.194. The summed E-state index contributed by atoms with van der Waals surface area (Å²) < 4.78 is 13.2. The van der Waals surface area contributed by atoms with Crippen LogP contribution in [-0.2, 0) is 21.6 Å². The summed E-state index contributed by atoms with van der Waals surface area (Å²) in [4.78, 5) is 29.6. The number of unbranched alkanes of at least 4 members (excludes halogenated alkanes) is 1. The predicted octanol–water partition coefficient (Wildman–Crippen LogP) is 4.07. The van der Waals surface area contributed by atoms with Gasteiger partial charge in [0, 0.05) is 50.1 Å². The quantitative estimate of drug-likeness (QED) is 0.542. The summed E-state index contributed by atoms with van der Waals surface area (Å²) in [5, 5.41) is 3.84. The molecule has 2 aliphatic heterocycles. The van der Waals surface area contributed by atoms with Crippen LogP contribution in [0.25, 0.3) is 10.9 Å². The molecule has 1 N–H and O–H groups in total. The second kappa shape index (κ2) is 10.8. The van der Waals surface area contributed by atoms with Crippen molar-refractivity contribution in [3.8, 4) is 0 Å². The molecule has 0 saturated carbocycles. The number of anilines is 1. The first-order valence-electron chi connectivity index (χ1n) is 13.1. The smallest absolute Gasteiger partial charge is 0.257 e. The number of pyridine rings is 1. The summed E-state index contributed by atoms with van der Waals surface area (Å²) >= 11 is 0. The van der Waals surface area contributed by atoms with E-state index in [9.17, 15) is 9.59 Å². The molecule has 7 nitrogen and oxygen atoms in total. The van der Waals surface area contributed by atoms with E-state index >= 15 is 0 Å². The number of hydrogen-bond donors (Lipinski definition) is 1. The lowest BCUT2D eigenvalue weighted by molar-refractivity contribution is 0.0345. The monoisotopic (exact) mass is 489 g/mol. The third kappa shape index (κ3) is 4.90. The first kappa shape index (κ1) is 24.5. The Hall–Kier alpha value is -3.16. The van der Waals surface area contributed by atoms with Crippen LogP contribution in [0.5, 0.6) is 0 Å². The number of fused-ring (bicyclic) bond motifs is 1. The van der Waals surface area contributed by atoms with Crippen LogP contribution in [0.15, 0.2) is 59.5 Å². The molecule has 0 unspecified atom stereocenters. The van der Waals surface area contributed by atoms with Gasteiger partial charge in [-0.05, 0) is 43.0 Å². The van der Waals surface area contributed by atoms with E-state index in [1.54, 1.807) is 6.20 Å². The van der Waals surface area contributed by atoms with Crippen LogP contribution in [0.2, 0.25) is 0 Å². The van der Waals surface area contributed by atoms with Gasteiger partial charge in [-0.25, -0.2) is 0 Å². The molecule has 0 bridgehead atoms. The maximum absolute atomic E-state index is 13.7. The summed E-state index contributed by atoms with van der Waals surface area (Å²) in [6.07, 6.45) is 5.09. The molecule has 1 amide bonds. The predicted molar refractivity (Wildman–Crippen MR) is 142 cm³/mol. The highest BCUT2D eigenvalue weighted by Gasteiger charge is 2.36. The first-order valence-corrected chi connectivity index (χ1v) is 13.1. The van der Waals surface area contributed by atoms with E-state index in [0.717, 1.165) is 49.2 Å². The molecule has 190 valence electrons. The van der Waals surface area contributed by atoms with Gasteiger partial charge in [0.05, 0.1) is 24.3 Å². The largest absolute Gasteiger partial charge is 0.381 e. The minimum atomic E-state index is -0.549. The van der Waals surface area contributed by atoms with E-state index in [1.165, 1.54) is 0 Å². The van der Waals surface area contributed by atoms with Crippen LogP contribution >= 0.6 is 0 Å². The number of nitrogens with zero attached hydrogens (tertiary/aromatic N) is 2. The lowest BCUT2D eigenvalue weighted by atomic mass is 9.82. The minimum Gasteiger partial charge on any atom is -0.381 e. The average Bonchev–Trinajstić information content (AvgIpc) is 2.94. The van der Waals surface area contributed by atoms with Crippen molar-refractivity contribution in [3.63, 3.8) is 0 Å². The van der Waals surface area contributed by atoms with E-state index in [0.29, 0.717) is 44.7 Å². The molecule has 36 heavy (non-hydrogen) atoms. The van der Waals surface area contributed by atoms with E-state index in [1.807, 2.05) is 42.5 Å². The number of carbonyl (C=O) groups excluding carboxylic acids is 1. The van der Waals surface area contributed by atoms with Crippen molar-refractivity contribution in [2.45, 2.75) is 44.7 Å². The van der Waals surface area contributed by atoms with Gasteiger partial charge in [-0.15, -0.1) is 0 Å². The number of benzene rings is 2. The van der Waals surface area contributed by atoms with Crippen LogP contribution in [-0.4, -0.2) is 50.0 Å². The van der Waals surface area contributed by atoms with Crippen LogP contribution in [0.1, 0.15) is 48.5 Å². The number of nitrogens with one attached hydrogen (secondary N) is 1. The van der Waals surface area contributed by atoms with Gasteiger partial charge in [0.1, 0.15) is 5.56 Å². The standard InChI is InChI=1S/C29H35N3O4/c1-2-3-13-32-21-25(27(33)24-10-9-23(20-26(24)32)31-14-18-36-19-15-31)28(34)30-29(11-16-35-17-12-29)22-7-5-4-6-8-22/h4-10,20-21H,2-3,11-19H2,1H3,(H,30,34). The fourth-order valence-electron chi connectivity index (χ4n) is 5.32. The highest BCUT2D eigenvalue weighted by Crippen LogP contribution is 2.32. The lowest BCUT2D eigenvalue weighted by Gasteiger charge is -2.38. The number of amides is 1. The Morgan fingerprint density at radius 1 is 1.00 bits per heavy atom. The number of aromatic nitrogens is 1. The molecule has 5 rings (SSSR count). The Bertz CT molecular complexity index is 1260. The zero-order valence-electron chi connectivity index (χ0n) is 21.0. The van der Waals surface area contributed by atoms with E-state index in [-0.39, 0.29) is 16.9 Å². The lowest BCUT2D eigenvalue weighted by Crippen LogP contribution is -2.50. The Balaban J connectivity index is 1.53. The maximum Gasteiger partial charge on any atom is 0.257 e. The molecule has 2 saturated heterocycles. The molecular weight excluding hydrogens is 454 g/mol. The molecular formula is C29H35N3O4. The Morgan fingerprint density at radius 2 is 1.72 bits per heavy atom. The van der Waals surface area contributed by atoms with Gasteiger partial charge in [0.15, 0.2) is 0 Å². The number of aryl methyl sites for hydroxylation is 1. The first-order chi connectivity index (χ1) is 17.6. The third-order valence-electron chi connectivity index (χ3n) is 7.46. The van der Waals surface area contributed by atoms with Crippen molar-refractivity contribution in [2.75, 3.05) is 44.4 Å². The fraction of sp³-hybridized carbons (Fsp3) is 0.448. The molecule has 0 atom stereocenters. The van der Waals surface area contributed by atoms with Gasteiger partial charge in [-0.1, -0.05) is 43.7 Å². The van der Waals surface area contributed by atoms with Crippen molar-refractivity contribution in [1.29, 1.82) is 0 Å². The zero-order chi connectivity index (χ0) is 25.0. The Labute approximate surface area is 212 Å². The van der Waals surface area contributed by atoms with Crippen molar-refractivity contribution < 1.29 is 14.3 Å². The van der Waals surface area contributed by atoms with E-state index < -0.39 is 5.54 Å². The summed E-state index contributed by atoms with van der Waals surface area (Å²) in [5.41, 5.74) is 2.42. The molecule has 3 heterocycles. The summed E-state index contributed by atoms with van der Waals surface area (Å²) in [5.74, 6) is -0.324. The van der Waals surface area contributed by atoms with Gasteiger partial charge < -0.3 is 24.3 Å². The number of ether oxygens (including phenoxy) is 2. The Morgan fingerprint density at radius 3 is 2.44 bits per heavy atom. The molecule has 0 radical (unpaired) electrons. The topological polar surface area (TPSA) is 72.8 Å². The number of hydrogen-bond acceptors (Lipinski definition) is 5. The van der Waals surface area contributed by atoms with Crippen molar-refractivity contribution >= 4 is 22.5 Å². The molecule has 0 spiro atoms. The third-order valence-corrected chi connectivity index (χ3v) is 7.46. The van der Waals surface area contributed by atoms with Crippen LogP contribution in [0.4, 0.5) is 5.69 Å². The fourth-order valence-corrected chi connectivity index (χ4v) is 5.32. The van der Waals surface area contributed by atoms with Gasteiger partial charge >= 0.3 is 0 Å². The highest BCUT2D eigenvalue weighted by atomic mass is 16.5. The SMILES string of the molecule is CCCCn1cc(C(=O)NC2(c3ccccc3)CCOCC2)c(=O)c2ccc(N3CCOCC3)cc21. The maximum atomic E-state index is 13.7. The van der Waals surface area contributed by atoms with Crippen molar-refractivity contribution in [2.24, 2.45) is 0 Å². The molecule has 2 fully saturated rings. The van der Waals surface area contributed by atoms with Gasteiger partial charge in [0.25, 0.3) is 5.91 Å². The summed E-state index contributed by atoms with van der Waals surface area (Å²) in [6, 6.07) is 16.0. The zero-order valence-corrected chi connectivity index (χ0v) is 21.0. The molecule has 0 aliphatic carbocycles.